The lowest BCUT2D eigenvalue weighted by atomic mass is 10.2. The third kappa shape index (κ3) is 7.34. The summed E-state index contributed by atoms with van der Waals surface area (Å²) in [4.78, 5) is 30.4. The molecule has 2 N–H and O–H groups in total. The number of carbonyl (C=O) groups excluding carboxylic acids is 2. The highest BCUT2D eigenvalue weighted by molar-refractivity contribution is 7.84. The maximum atomic E-state index is 12.3. The first-order chi connectivity index (χ1) is 15.7. The number of thiazole rings is 1. The van der Waals surface area contributed by atoms with Crippen molar-refractivity contribution >= 4 is 50.7 Å². The Morgan fingerprint density at radius 3 is 2.76 bits per heavy atom. The average molecular weight is 512 g/mol. The number of amides is 1. The summed E-state index contributed by atoms with van der Waals surface area (Å²) in [6, 6.07) is 4.99. The van der Waals surface area contributed by atoms with Crippen molar-refractivity contribution in [2.45, 2.75) is 69.4 Å². The Labute approximate surface area is 206 Å². The minimum atomic E-state index is -1.20. The molecule has 1 fully saturated rings. The van der Waals surface area contributed by atoms with Crippen LogP contribution in [0.3, 0.4) is 0 Å². The smallest absolute Gasteiger partial charge is 0.323 e. The lowest BCUT2D eigenvalue weighted by Crippen LogP contribution is -2.37. The Kier molecular flexibility index (Phi) is 9.43. The van der Waals surface area contributed by atoms with Gasteiger partial charge in [-0.25, -0.2) is 4.98 Å². The number of carbonyl (C=O) groups is 2. The molecule has 1 aromatic carbocycles. The molecule has 1 amide bonds. The lowest BCUT2D eigenvalue weighted by Gasteiger charge is -2.16. The first-order valence-electron chi connectivity index (χ1n) is 11.1. The fraction of sp³-hybridized carbons (Fsp3) is 0.522. The van der Waals surface area contributed by atoms with E-state index in [0.29, 0.717) is 34.4 Å². The van der Waals surface area contributed by atoms with Crippen LogP contribution in [0.25, 0.3) is 10.4 Å². The maximum absolute atomic E-state index is 12.3. The summed E-state index contributed by atoms with van der Waals surface area (Å²) in [5.41, 5.74) is 1.64. The van der Waals surface area contributed by atoms with Gasteiger partial charge in [-0.05, 0) is 70.2 Å². The van der Waals surface area contributed by atoms with E-state index in [-0.39, 0.29) is 24.0 Å². The first kappa shape index (κ1) is 25.8. The number of esters is 1. The van der Waals surface area contributed by atoms with Gasteiger partial charge in [-0.15, -0.1) is 0 Å². The molecule has 1 aliphatic rings. The number of nitrogens with zero attached hydrogens (tertiary/aromatic N) is 1. The number of aromatic nitrogens is 1. The van der Waals surface area contributed by atoms with Gasteiger partial charge in [0.15, 0.2) is 5.13 Å². The number of ether oxygens (including phenoxy) is 1. The van der Waals surface area contributed by atoms with Crippen LogP contribution in [0.2, 0.25) is 5.02 Å². The zero-order valence-corrected chi connectivity index (χ0v) is 21.5. The van der Waals surface area contributed by atoms with Gasteiger partial charge in [0.2, 0.25) is 5.91 Å². The summed E-state index contributed by atoms with van der Waals surface area (Å²) in [5.74, 6) is -0.362. The molecule has 0 bridgehead atoms. The molecule has 2 aromatic rings. The van der Waals surface area contributed by atoms with Crippen LogP contribution in [0.5, 0.6) is 0 Å². The topological polar surface area (TPSA) is 97.4 Å². The zero-order chi connectivity index (χ0) is 24.0. The van der Waals surface area contributed by atoms with Crippen LogP contribution >= 0.6 is 22.9 Å². The molecule has 0 aliphatic heterocycles. The van der Waals surface area contributed by atoms with Crippen molar-refractivity contribution in [1.29, 1.82) is 0 Å². The highest BCUT2D eigenvalue weighted by Gasteiger charge is 2.22. The average Bonchev–Trinajstić information content (AvgIpc) is 3.40. The van der Waals surface area contributed by atoms with Crippen molar-refractivity contribution in [3.05, 3.63) is 28.9 Å². The fourth-order valence-corrected chi connectivity index (χ4v) is 5.75. The van der Waals surface area contributed by atoms with Crippen LogP contribution in [0, 0.1) is 6.92 Å². The maximum Gasteiger partial charge on any atom is 0.323 e. The van der Waals surface area contributed by atoms with Gasteiger partial charge in [-0.1, -0.05) is 29.0 Å². The number of aryl methyl sites for hydroxylation is 1. The Hall–Kier alpha value is -1.81. The van der Waals surface area contributed by atoms with Crippen LogP contribution in [0.4, 0.5) is 5.13 Å². The molecule has 1 saturated carbocycles. The molecule has 1 unspecified atom stereocenters. The van der Waals surface area contributed by atoms with Crippen LogP contribution in [0.1, 0.15) is 51.1 Å². The third-order valence-corrected chi connectivity index (χ3v) is 8.04. The van der Waals surface area contributed by atoms with E-state index in [9.17, 15) is 13.8 Å². The van der Waals surface area contributed by atoms with Gasteiger partial charge in [-0.2, -0.15) is 0 Å². The monoisotopic (exact) mass is 511 g/mol. The highest BCUT2D eigenvalue weighted by Crippen LogP contribution is 2.35. The van der Waals surface area contributed by atoms with E-state index in [1.807, 2.05) is 13.0 Å². The van der Waals surface area contributed by atoms with E-state index >= 15 is 0 Å². The predicted molar refractivity (Wildman–Crippen MR) is 133 cm³/mol. The second-order valence-corrected chi connectivity index (χ2v) is 11.0. The Balaban J connectivity index is 1.46. The van der Waals surface area contributed by atoms with Crippen molar-refractivity contribution in [1.82, 2.24) is 10.3 Å². The standard InChI is InChI=1S/C23H30ClN3O4S2/c1-14-21(16-10-11-18(24)19(13-16)33(3)30)32-23(26-14)27-20(28)9-6-12-25-15(2)22(29)31-17-7-4-5-8-17/h10-11,13,15,17,25H,4-9,12H2,1-3H3,(H,26,27,28)/t15-,33?/m0/s1. The Morgan fingerprint density at radius 2 is 2.06 bits per heavy atom. The summed E-state index contributed by atoms with van der Waals surface area (Å²) >= 11 is 7.50. The summed E-state index contributed by atoms with van der Waals surface area (Å²) in [6.45, 7) is 4.19. The minimum Gasteiger partial charge on any atom is -0.461 e. The van der Waals surface area contributed by atoms with Crippen molar-refractivity contribution in [3.8, 4) is 10.4 Å². The molecule has 10 heteroatoms. The molecule has 7 nitrogen and oxygen atoms in total. The van der Waals surface area contributed by atoms with Gasteiger partial charge >= 0.3 is 5.97 Å². The molecule has 2 atom stereocenters. The second-order valence-electron chi connectivity index (χ2n) is 8.20. The van der Waals surface area contributed by atoms with Gasteiger partial charge in [0, 0.05) is 12.7 Å². The summed E-state index contributed by atoms with van der Waals surface area (Å²) in [6.07, 6.45) is 6.69. The van der Waals surface area contributed by atoms with E-state index in [1.165, 1.54) is 11.3 Å². The van der Waals surface area contributed by atoms with E-state index in [2.05, 4.69) is 15.6 Å². The number of benzene rings is 1. The zero-order valence-electron chi connectivity index (χ0n) is 19.1. The Bertz CT molecular complexity index is 1020. The van der Waals surface area contributed by atoms with Crippen molar-refractivity contribution in [3.63, 3.8) is 0 Å². The minimum absolute atomic E-state index is 0.0581. The van der Waals surface area contributed by atoms with E-state index < -0.39 is 10.8 Å². The molecule has 0 radical (unpaired) electrons. The molecule has 0 spiro atoms. The number of halogens is 1. The van der Waals surface area contributed by atoms with Gasteiger partial charge in [0.25, 0.3) is 0 Å². The molecule has 1 aromatic heterocycles. The largest absolute Gasteiger partial charge is 0.461 e. The van der Waals surface area contributed by atoms with Gasteiger partial charge in [0.05, 0.1) is 31.3 Å². The molecular formula is C23H30ClN3O4S2. The molecule has 3 rings (SSSR count). The molecule has 1 heterocycles. The van der Waals surface area contributed by atoms with Gasteiger partial charge < -0.3 is 15.4 Å². The van der Waals surface area contributed by atoms with E-state index in [1.54, 1.807) is 25.3 Å². The van der Waals surface area contributed by atoms with Crippen LogP contribution in [0.15, 0.2) is 23.1 Å². The molecule has 1 aliphatic carbocycles. The number of nitrogens with one attached hydrogen (secondary N) is 2. The third-order valence-electron chi connectivity index (χ3n) is 5.52. The van der Waals surface area contributed by atoms with Crippen LogP contribution < -0.4 is 10.6 Å². The number of hydrogen-bond acceptors (Lipinski definition) is 7. The fourth-order valence-electron chi connectivity index (χ4n) is 3.69. The molecule has 33 heavy (non-hydrogen) atoms. The van der Waals surface area contributed by atoms with E-state index in [0.717, 1.165) is 41.8 Å². The van der Waals surface area contributed by atoms with Gasteiger partial charge in [-0.3, -0.25) is 13.8 Å². The number of anilines is 1. The SMILES string of the molecule is Cc1nc(NC(=O)CCCN[C@@H](C)C(=O)OC2CCCC2)sc1-c1ccc(Cl)c(S(C)=O)c1. The molecule has 180 valence electrons. The predicted octanol–water partition coefficient (Wildman–Crippen LogP) is 4.69. The van der Waals surface area contributed by atoms with Crippen LogP contribution in [-0.4, -0.2) is 46.0 Å². The summed E-state index contributed by atoms with van der Waals surface area (Å²) < 4.78 is 17.4. The summed E-state index contributed by atoms with van der Waals surface area (Å²) in [7, 11) is -1.20. The first-order valence-corrected chi connectivity index (χ1v) is 13.8. The molecule has 0 saturated heterocycles. The number of hydrogen-bond donors (Lipinski definition) is 2. The lowest BCUT2D eigenvalue weighted by molar-refractivity contribution is -0.150. The van der Waals surface area contributed by atoms with Crippen molar-refractivity contribution < 1.29 is 18.5 Å². The number of rotatable bonds is 10. The van der Waals surface area contributed by atoms with Crippen molar-refractivity contribution in [2.75, 3.05) is 18.1 Å². The van der Waals surface area contributed by atoms with Gasteiger partial charge in [0.1, 0.15) is 12.1 Å². The van der Waals surface area contributed by atoms with E-state index in [4.69, 9.17) is 16.3 Å². The molecular weight excluding hydrogens is 482 g/mol. The second kappa shape index (κ2) is 12.1. The highest BCUT2D eigenvalue weighted by atomic mass is 35.5. The Morgan fingerprint density at radius 1 is 1.33 bits per heavy atom. The summed E-state index contributed by atoms with van der Waals surface area (Å²) in [5, 5.41) is 6.95. The van der Waals surface area contributed by atoms with Crippen molar-refractivity contribution in [2.24, 2.45) is 0 Å². The quantitative estimate of drug-likeness (QED) is 0.354. The van der Waals surface area contributed by atoms with Crippen LogP contribution in [-0.2, 0) is 25.1 Å². The normalized spacial score (nSPS) is 15.9.